The maximum atomic E-state index is 5.99. The van der Waals surface area contributed by atoms with Gasteiger partial charge in [-0.1, -0.05) is 23.7 Å². The van der Waals surface area contributed by atoms with Gasteiger partial charge in [0.05, 0.1) is 7.11 Å². The topological polar surface area (TPSA) is 44.5 Å². The highest BCUT2D eigenvalue weighted by atomic mass is 35.5. The summed E-state index contributed by atoms with van der Waals surface area (Å²) < 4.78 is 11.1. The van der Waals surface area contributed by atoms with Crippen molar-refractivity contribution in [2.75, 3.05) is 7.11 Å². The first-order chi connectivity index (χ1) is 9.60. The first-order valence-electron chi connectivity index (χ1n) is 6.41. The summed E-state index contributed by atoms with van der Waals surface area (Å²) in [7, 11) is 1.63. The minimum Gasteiger partial charge on any atom is -0.496 e. The zero-order chi connectivity index (χ0) is 14.5. The van der Waals surface area contributed by atoms with Crippen molar-refractivity contribution in [3.8, 4) is 11.5 Å². The monoisotopic (exact) mass is 291 g/mol. The molecule has 2 aromatic rings. The van der Waals surface area contributed by atoms with E-state index in [4.69, 9.17) is 26.8 Å². The number of ether oxygens (including phenoxy) is 2. The van der Waals surface area contributed by atoms with E-state index in [2.05, 4.69) is 0 Å². The number of halogens is 1. The Labute approximate surface area is 124 Å². The number of benzene rings is 2. The van der Waals surface area contributed by atoms with Crippen LogP contribution < -0.4 is 15.2 Å². The van der Waals surface area contributed by atoms with Crippen LogP contribution in [0.3, 0.4) is 0 Å². The predicted octanol–water partition coefficient (Wildman–Crippen LogP) is 3.95. The molecule has 0 fully saturated rings. The highest BCUT2D eigenvalue weighted by Crippen LogP contribution is 2.25. The average Bonchev–Trinajstić information content (AvgIpc) is 2.45. The Hall–Kier alpha value is -1.71. The summed E-state index contributed by atoms with van der Waals surface area (Å²) in [6.45, 7) is 2.34. The molecular formula is C16H18ClNO2. The molecule has 0 saturated heterocycles. The van der Waals surface area contributed by atoms with Crippen molar-refractivity contribution in [3.63, 3.8) is 0 Å². The zero-order valence-electron chi connectivity index (χ0n) is 11.6. The van der Waals surface area contributed by atoms with Crippen LogP contribution in [0.4, 0.5) is 0 Å². The van der Waals surface area contributed by atoms with Gasteiger partial charge in [0.1, 0.15) is 18.1 Å². The van der Waals surface area contributed by atoms with Crippen LogP contribution >= 0.6 is 11.6 Å². The van der Waals surface area contributed by atoms with Crippen LogP contribution in [-0.4, -0.2) is 7.11 Å². The van der Waals surface area contributed by atoms with Gasteiger partial charge in [-0.25, -0.2) is 0 Å². The Morgan fingerprint density at radius 3 is 2.70 bits per heavy atom. The molecule has 2 rings (SSSR count). The van der Waals surface area contributed by atoms with Gasteiger partial charge in [0.2, 0.25) is 0 Å². The van der Waals surface area contributed by atoms with Gasteiger partial charge in [-0.2, -0.15) is 0 Å². The summed E-state index contributed by atoms with van der Waals surface area (Å²) in [5.74, 6) is 1.54. The summed E-state index contributed by atoms with van der Waals surface area (Å²) in [6.07, 6.45) is 0. The average molecular weight is 292 g/mol. The molecule has 4 heteroatoms. The molecule has 1 atom stereocenters. The molecule has 0 amide bonds. The molecule has 0 heterocycles. The van der Waals surface area contributed by atoms with E-state index < -0.39 is 0 Å². The largest absolute Gasteiger partial charge is 0.496 e. The van der Waals surface area contributed by atoms with Gasteiger partial charge in [0.25, 0.3) is 0 Å². The van der Waals surface area contributed by atoms with Crippen molar-refractivity contribution in [3.05, 3.63) is 58.6 Å². The summed E-state index contributed by atoms with van der Waals surface area (Å²) >= 11 is 5.99. The summed E-state index contributed by atoms with van der Waals surface area (Å²) in [5.41, 5.74) is 7.81. The van der Waals surface area contributed by atoms with Gasteiger partial charge in [-0.3, -0.25) is 0 Å². The minimum atomic E-state index is -0.0146. The molecule has 20 heavy (non-hydrogen) atoms. The van der Waals surface area contributed by atoms with Crippen molar-refractivity contribution in [1.82, 2.24) is 0 Å². The molecule has 0 radical (unpaired) electrons. The Bertz CT molecular complexity index is 584. The lowest BCUT2D eigenvalue weighted by atomic mass is 10.1. The van der Waals surface area contributed by atoms with Crippen molar-refractivity contribution in [2.24, 2.45) is 5.73 Å². The van der Waals surface area contributed by atoms with Gasteiger partial charge in [-0.15, -0.1) is 0 Å². The van der Waals surface area contributed by atoms with E-state index in [1.54, 1.807) is 13.2 Å². The Morgan fingerprint density at radius 1 is 1.20 bits per heavy atom. The third-order valence-corrected chi connectivity index (χ3v) is 3.26. The lowest BCUT2D eigenvalue weighted by Gasteiger charge is -2.12. The van der Waals surface area contributed by atoms with Crippen LogP contribution in [0, 0.1) is 0 Å². The number of nitrogens with two attached hydrogens (primary N) is 1. The SMILES string of the molecule is COc1ccc(Cl)cc1COc1cccc([C@@H](C)N)c1. The van der Waals surface area contributed by atoms with E-state index in [-0.39, 0.29) is 6.04 Å². The summed E-state index contributed by atoms with van der Waals surface area (Å²) in [5, 5.41) is 0.661. The normalized spacial score (nSPS) is 12.0. The maximum Gasteiger partial charge on any atom is 0.125 e. The van der Waals surface area contributed by atoms with Crippen molar-refractivity contribution >= 4 is 11.6 Å². The van der Waals surface area contributed by atoms with Gasteiger partial charge in [0, 0.05) is 16.6 Å². The van der Waals surface area contributed by atoms with E-state index in [1.807, 2.05) is 43.3 Å². The van der Waals surface area contributed by atoms with Crippen LogP contribution in [0.1, 0.15) is 24.1 Å². The molecular weight excluding hydrogens is 274 g/mol. The minimum absolute atomic E-state index is 0.0146. The number of rotatable bonds is 5. The third kappa shape index (κ3) is 3.65. The first-order valence-corrected chi connectivity index (χ1v) is 6.78. The lowest BCUT2D eigenvalue weighted by Crippen LogP contribution is -2.05. The third-order valence-electron chi connectivity index (χ3n) is 3.02. The lowest BCUT2D eigenvalue weighted by molar-refractivity contribution is 0.296. The summed E-state index contributed by atoms with van der Waals surface area (Å²) in [4.78, 5) is 0. The quantitative estimate of drug-likeness (QED) is 0.907. The number of hydrogen-bond acceptors (Lipinski definition) is 3. The van der Waals surface area contributed by atoms with Gasteiger partial charge in [-0.05, 0) is 42.8 Å². The second-order valence-corrected chi connectivity index (χ2v) is 5.04. The molecule has 2 aromatic carbocycles. The van der Waals surface area contributed by atoms with Crippen LogP contribution in [0.2, 0.25) is 5.02 Å². The molecule has 0 aliphatic rings. The second-order valence-electron chi connectivity index (χ2n) is 4.61. The van der Waals surface area contributed by atoms with Crippen LogP contribution in [-0.2, 0) is 6.61 Å². The smallest absolute Gasteiger partial charge is 0.125 e. The van der Waals surface area contributed by atoms with E-state index in [0.717, 1.165) is 22.6 Å². The Morgan fingerprint density at radius 2 is 2.00 bits per heavy atom. The highest BCUT2D eigenvalue weighted by molar-refractivity contribution is 6.30. The van der Waals surface area contributed by atoms with E-state index in [0.29, 0.717) is 11.6 Å². The van der Waals surface area contributed by atoms with Crippen molar-refractivity contribution < 1.29 is 9.47 Å². The molecule has 0 aliphatic carbocycles. The standard InChI is InChI=1S/C16H18ClNO2/c1-11(18)12-4-3-5-15(9-12)20-10-13-8-14(17)6-7-16(13)19-2/h3-9,11H,10,18H2,1-2H3/t11-/m1/s1. The molecule has 2 N–H and O–H groups in total. The van der Waals surface area contributed by atoms with E-state index >= 15 is 0 Å². The highest BCUT2D eigenvalue weighted by Gasteiger charge is 2.06. The fraction of sp³-hybridized carbons (Fsp3) is 0.250. The van der Waals surface area contributed by atoms with E-state index in [1.165, 1.54) is 0 Å². The predicted molar refractivity (Wildman–Crippen MR) is 81.4 cm³/mol. The first kappa shape index (κ1) is 14.7. The molecule has 0 aliphatic heterocycles. The van der Waals surface area contributed by atoms with Crippen LogP contribution in [0.25, 0.3) is 0 Å². The number of methoxy groups -OCH3 is 1. The zero-order valence-corrected chi connectivity index (χ0v) is 12.4. The number of hydrogen-bond donors (Lipinski definition) is 1. The molecule has 3 nitrogen and oxygen atoms in total. The molecule has 0 bridgehead atoms. The molecule has 0 aromatic heterocycles. The molecule has 0 saturated carbocycles. The van der Waals surface area contributed by atoms with Gasteiger partial charge >= 0.3 is 0 Å². The Balaban J connectivity index is 2.12. The van der Waals surface area contributed by atoms with Gasteiger partial charge in [0.15, 0.2) is 0 Å². The van der Waals surface area contributed by atoms with E-state index in [9.17, 15) is 0 Å². The van der Waals surface area contributed by atoms with Crippen molar-refractivity contribution in [1.29, 1.82) is 0 Å². The summed E-state index contributed by atoms with van der Waals surface area (Å²) in [6, 6.07) is 13.2. The van der Waals surface area contributed by atoms with Crippen molar-refractivity contribution in [2.45, 2.75) is 19.6 Å². The molecule has 106 valence electrons. The second kappa shape index (κ2) is 6.64. The molecule has 0 spiro atoms. The van der Waals surface area contributed by atoms with Crippen LogP contribution in [0.15, 0.2) is 42.5 Å². The molecule has 0 unspecified atom stereocenters. The fourth-order valence-corrected chi connectivity index (χ4v) is 2.10. The van der Waals surface area contributed by atoms with Crippen LogP contribution in [0.5, 0.6) is 11.5 Å². The maximum absolute atomic E-state index is 5.99. The Kier molecular flexibility index (Phi) is 4.88. The van der Waals surface area contributed by atoms with Gasteiger partial charge < -0.3 is 15.2 Å². The fourth-order valence-electron chi connectivity index (χ4n) is 1.91.